The topological polar surface area (TPSA) is 37.3 Å². The molecule has 0 spiro atoms. The van der Waals surface area contributed by atoms with Crippen molar-refractivity contribution in [1.29, 1.82) is 0 Å². The first-order valence-corrected chi connectivity index (χ1v) is 10.6. The van der Waals surface area contributed by atoms with E-state index in [1.165, 1.54) is 57.8 Å². The Morgan fingerprint density at radius 2 is 1.67 bits per heavy atom. The number of fused-ring (bicyclic) bond motifs is 5. The monoisotopic (exact) mass is 332 g/mol. The summed E-state index contributed by atoms with van der Waals surface area (Å²) >= 11 is 0. The molecule has 0 unspecified atom stereocenters. The van der Waals surface area contributed by atoms with Crippen molar-refractivity contribution in [2.45, 2.75) is 85.0 Å². The van der Waals surface area contributed by atoms with Gasteiger partial charge in [-0.3, -0.25) is 4.79 Å². The van der Waals surface area contributed by atoms with Gasteiger partial charge in [-0.25, -0.2) is 0 Å². The lowest BCUT2D eigenvalue weighted by Crippen LogP contribution is -2.53. The maximum atomic E-state index is 11.6. The van der Waals surface area contributed by atoms with E-state index >= 15 is 0 Å². The molecule has 0 bridgehead atoms. The van der Waals surface area contributed by atoms with Crippen molar-refractivity contribution in [3.05, 3.63) is 0 Å². The van der Waals surface area contributed by atoms with Crippen LogP contribution in [0.3, 0.4) is 0 Å². The summed E-state index contributed by atoms with van der Waals surface area (Å²) in [4.78, 5) is 11.6. The fraction of sp³-hybridized carbons (Fsp3) is 0.955. The Kier molecular flexibility index (Phi) is 4.05. The van der Waals surface area contributed by atoms with Crippen LogP contribution in [0.5, 0.6) is 0 Å². The summed E-state index contributed by atoms with van der Waals surface area (Å²) in [6, 6.07) is 0. The van der Waals surface area contributed by atoms with Crippen LogP contribution in [0.4, 0.5) is 0 Å². The molecule has 136 valence electrons. The first-order chi connectivity index (χ1) is 11.4. The molecule has 2 nitrogen and oxygen atoms in total. The number of carbonyl (C=O) groups is 1. The van der Waals surface area contributed by atoms with Crippen LogP contribution >= 0.6 is 0 Å². The lowest BCUT2D eigenvalue weighted by Gasteiger charge is -2.60. The second kappa shape index (κ2) is 5.74. The third-order valence-corrected chi connectivity index (χ3v) is 9.65. The van der Waals surface area contributed by atoms with E-state index < -0.39 is 5.97 Å². The predicted octanol–water partition coefficient (Wildman–Crippen LogP) is 5.76. The van der Waals surface area contributed by atoms with Gasteiger partial charge in [-0.2, -0.15) is 0 Å². The van der Waals surface area contributed by atoms with Crippen LogP contribution in [0.15, 0.2) is 0 Å². The van der Waals surface area contributed by atoms with Gasteiger partial charge in [0.25, 0.3) is 0 Å². The highest BCUT2D eigenvalue weighted by Crippen LogP contribution is 2.68. The maximum absolute atomic E-state index is 11.6. The third kappa shape index (κ3) is 2.23. The van der Waals surface area contributed by atoms with Crippen LogP contribution in [0.25, 0.3) is 0 Å². The molecule has 24 heavy (non-hydrogen) atoms. The zero-order chi connectivity index (χ0) is 17.1. The first kappa shape index (κ1) is 16.9. The van der Waals surface area contributed by atoms with Gasteiger partial charge in [-0.15, -0.1) is 0 Å². The summed E-state index contributed by atoms with van der Waals surface area (Å²) in [6.07, 6.45) is 13.8. The highest BCUT2D eigenvalue weighted by atomic mass is 16.4. The second-order valence-electron chi connectivity index (χ2n) is 10.3. The molecule has 4 aliphatic rings. The van der Waals surface area contributed by atoms with E-state index in [0.717, 1.165) is 30.1 Å². The highest BCUT2D eigenvalue weighted by molar-refractivity contribution is 5.70. The van der Waals surface area contributed by atoms with Crippen molar-refractivity contribution in [3.63, 3.8) is 0 Å². The van der Waals surface area contributed by atoms with Crippen molar-refractivity contribution < 1.29 is 9.90 Å². The summed E-state index contributed by atoms with van der Waals surface area (Å²) in [5.74, 6) is 3.24. The van der Waals surface area contributed by atoms with Crippen molar-refractivity contribution in [2.75, 3.05) is 0 Å². The minimum Gasteiger partial charge on any atom is -0.481 e. The number of carboxylic acids is 1. The predicted molar refractivity (Wildman–Crippen MR) is 96.6 cm³/mol. The molecule has 4 aliphatic carbocycles. The van der Waals surface area contributed by atoms with Gasteiger partial charge in [0.15, 0.2) is 0 Å². The smallest absolute Gasteiger partial charge is 0.306 e. The summed E-state index contributed by atoms with van der Waals surface area (Å²) in [5, 5.41) is 9.57. The van der Waals surface area contributed by atoms with Gasteiger partial charge in [0.1, 0.15) is 0 Å². The number of hydrogen-bond acceptors (Lipinski definition) is 1. The van der Waals surface area contributed by atoms with Gasteiger partial charge in [-0.1, -0.05) is 33.6 Å². The molecular formula is C22H36O2. The molecule has 0 aromatic heterocycles. The average Bonchev–Trinajstić information content (AvgIpc) is 2.90. The third-order valence-electron chi connectivity index (χ3n) is 9.65. The zero-order valence-corrected chi connectivity index (χ0v) is 15.9. The minimum absolute atomic E-state index is 0.168. The molecule has 4 fully saturated rings. The Labute approximate surface area is 147 Å². The van der Waals surface area contributed by atoms with Gasteiger partial charge in [0.05, 0.1) is 5.92 Å². The van der Waals surface area contributed by atoms with Gasteiger partial charge >= 0.3 is 5.97 Å². The molecule has 4 saturated carbocycles. The van der Waals surface area contributed by atoms with Crippen LogP contribution in [0, 0.1) is 46.3 Å². The summed E-state index contributed by atoms with van der Waals surface area (Å²) < 4.78 is 0. The highest BCUT2D eigenvalue weighted by Gasteiger charge is 2.60. The molecule has 4 rings (SSSR count). The normalized spacial score (nSPS) is 52.0. The van der Waals surface area contributed by atoms with Gasteiger partial charge in [0.2, 0.25) is 0 Å². The quantitative estimate of drug-likeness (QED) is 0.698. The largest absolute Gasteiger partial charge is 0.481 e. The van der Waals surface area contributed by atoms with E-state index in [9.17, 15) is 9.90 Å². The Hall–Kier alpha value is -0.530. The lowest BCUT2D eigenvalue weighted by atomic mass is 9.44. The van der Waals surface area contributed by atoms with Crippen molar-refractivity contribution >= 4 is 5.97 Å². The van der Waals surface area contributed by atoms with E-state index in [1.807, 2.05) is 6.92 Å². The Morgan fingerprint density at radius 3 is 2.42 bits per heavy atom. The molecule has 0 aromatic carbocycles. The van der Waals surface area contributed by atoms with E-state index in [4.69, 9.17) is 0 Å². The van der Waals surface area contributed by atoms with Gasteiger partial charge < -0.3 is 5.11 Å². The Bertz CT molecular complexity index is 514. The molecule has 0 aromatic rings. The van der Waals surface area contributed by atoms with Crippen LogP contribution in [-0.4, -0.2) is 11.1 Å². The fourth-order valence-electron chi connectivity index (χ4n) is 8.33. The molecule has 0 heterocycles. The number of aliphatic carboxylic acids is 1. The molecular weight excluding hydrogens is 296 g/mol. The van der Waals surface area contributed by atoms with E-state index in [1.54, 1.807) is 0 Å². The maximum Gasteiger partial charge on any atom is 0.306 e. The minimum atomic E-state index is -0.577. The molecule has 2 heteroatoms. The Balaban J connectivity index is 1.60. The van der Waals surface area contributed by atoms with Crippen molar-refractivity contribution in [3.8, 4) is 0 Å². The van der Waals surface area contributed by atoms with E-state index in [0.29, 0.717) is 11.3 Å². The molecule has 8 atom stereocenters. The summed E-state index contributed by atoms with van der Waals surface area (Å²) in [6.45, 7) is 7.05. The fourth-order valence-corrected chi connectivity index (χ4v) is 8.33. The molecule has 0 aliphatic heterocycles. The Morgan fingerprint density at radius 1 is 0.917 bits per heavy atom. The van der Waals surface area contributed by atoms with Crippen LogP contribution in [0.2, 0.25) is 0 Å². The second-order valence-corrected chi connectivity index (χ2v) is 10.3. The molecule has 0 saturated heterocycles. The molecule has 0 amide bonds. The lowest BCUT2D eigenvalue weighted by molar-refractivity contribution is -0.148. The van der Waals surface area contributed by atoms with E-state index in [2.05, 4.69) is 13.8 Å². The standard InChI is InChI=1S/C22H36O2/c1-14(20(23)24)17-9-10-18-16-8-7-15-6-4-5-12-21(15,2)19(16)11-13-22(17,18)3/h14-19H,4-13H2,1-3H3,(H,23,24)/t14-,15-,16-,17+,18-,19-,21-,22+/m0/s1. The summed E-state index contributed by atoms with van der Waals surface area (Å²) in [5.41, 5.74) is 0.885. The van der Waals surface area contributed by atoms with Gasteiger partial charge in [0, 0.05) is 0 Å². The number of carboxylic acid groups (broad SMARTS) is 1. The summed E-state index contributed by atoms with van der Waals surface area (Å²) in [7, 11) is 0. The zero-order valence-electron chi connectivity index (χ0n) is 15.9. The number of hydrogen-bond donors (Lipinski definition) is 1. The average molecular weight is 333 g/mol. The van der Waals surface area contributed by atoms with Crippen LogP contribution < -0.4 is 0 Å². The number of rotatable bonds is 2. The van der Waals surface area contributed by atoms with Crippen LogP contribution in [0.1, 0.15) is 85.0 Å². The molecule has 0 radical (unpaired) electrons. The first-order valence-electron chi connectivity index (χ1n) is 10.6. The molecule has 1 N–H and O–H groups in total. The van der Waals surface area contributed by atoms with Crippen molar-refractivity contribution in [2.24, 2.45) is 46.3 Å². The SMILES string of the molecule is C[C@H](C(=O)O)[C@H]1CC[C@H]2[C@@H]3CC[C@@H]4CCCC[C@]4(C)[C@H]3CC[C@]12C. The van der Waals surface area contributed by atoms with Gasteiger partial charge in [-0.05, 0) is 91.8 Å². The van der Waals surface area contributed by atoms with E-state index in [-0.39, 0.29) is 11.3 Å². The van der Waals surface area contributed by atoms with Crippen LogP contribution in [-0.2, 0) is 4.79 Å². The van der Waals surface area contributed by atoms with Crippen molar-refractivity contribution in [1.82, 2.24) is 0 Å².